The molecule has 0 N–H and O–H groups in total. The van der Waals surface area contributed by atoms with Crippen LogP contribution in [0.4, 0.5) is 0 Å². The average molecular weight is 343 g/mol. The molecule has 3 nitrogen and oxygen atoms in total. The molecule has 3 aliphatic rings. The fourth-order valence-corrected chi connectivity index (χ4v) is 3.80. The van der Waals surface area contributed by atoms with Gasteiger partial charge < -0.3 is 14.3 Å². The number of Topliss-reactive ketones (excluding diaryl/α,β-unsaturated/α-hetero) is 1. The van der Waals surface area contributed by atoms with Gasteiger partial charge in [-0.3, -0.25) is 0 Å². The van der Waals surface area contributed by atoms with Crippen LogP contribution in [0.1, 0.15) is 92.9 Å². The van der Waals surface area contributed by atoms with Gasteiger partial charge in [-0.05, 0) is 69.6 Å². The van der Waals surface area contributed by atoms with Crippen molar-refractivity contribution in [2.24, 2.45) is 10.8 Å². The second kappa shape index (κ2) is 12.9. The summed E-state index contributed by atoms with van der Waals surface area (Å²) in [6.07, 6.45) is 9.36. The van der Waals surface area contributed by atoms with E-state index in [1.54, 1.807) is 6.92 Å². The highest BCUT2D eigenvalue weighted by atomic mass is 16.5. The van der Waals surface area contributed by atoms with Gasteiger partial charge in [0.25, 0.3) is 0 Å². The van der Waals surface area contributed by atoms with Crippen LogP contribution in [0.3, 0.4) is 0 Å². The van der Waals surface area contributed by atoms with Crippen molar-refractivity contribution in [1.82, 2.24) is 0 Å². The predicted octanol–water partition coefficient (Wildman–Crippen LogP) is 5.80. The largest absolute Gasteiger partial charge is 0.381 e. The SMILES string of the molecule is CC.CC.CCOCC12CCC(COCCCC(C)=O)(CC1)CC2. The van der Waals surface area contributed by atoms with E-state index in [1.807, 2.05) is 27.7 Å². The molecule has 0 aromatic heterocycles. The summed E-state index contributed by atoms with van der Waals surface area (Å²) in [5, 5.41) is 0. The Bertz CT molecular complexity index is 301. The molecule has 0 amide bonds. The number of hydrogen-bond donors (Lipinski definition) is 0. The molecule has 144 valence electrons. The molecule has 0 unspecified atom stereocenters. The third-order valence-corrected chi connectivity index (χ3v) is 5.40. The van der Waals surface area contributed by atoms with Crippen LogP contribution >= 0.6 is 0 Å². The third-order valence-electron chi connectivity index (χ3n) is 5.40. The lowest BCUT2D eigenvalue weighted by molar-refractivity contribution is -0.117. The number of fused-ring (bicyclic) bond motifs is 3. The summed E-state index contributed by atoms with van der Waals surface area (Å²) in [6.45, 7) is 15.2. The minimum absolute atomic E-state index is 0.266. The fourth-order valence-electron chi connectivity index (χ4n) is 3.80. The van der Waals surface area contributed by atoms with Gasteiger partial charge in [-0.25, -0.2) is 0 Å². The zero-order valence-electron chi connectivity index (χ0n) is 17.2. The minimum atomic E-state index is 0.266. The van der Waals surface area contributed by atoms with Gasteiger partial charge in [0.2, 0.25) is 0 Å². The topological polar surface area (TPSA) is 35.5 Å². The van der Waals surface area contributed by atoms with Crippen LogP contribution in [0.25, 0.3) is 0 Å². The Labute approximate surface area is 150 Å². The fraction of sp³-hybridized carbons (Fsp3) is 0.952. The molecule has 0 spiro atoms. The normalized spacial score (nSPS) is 27.6. The summed E-state index contributed by atoms with van der Waals surface area (Å²) in [5.41, 5.74) is 0.913. The highest BCUT2D eigenvalue weighted by Gasteiger charge is 2.48. The zero-order valence-corrected chi connectivity index (χ0v) is 17.2. The first-order valence-electron chi connectivity index (χ1n) is 10.2. The number of ether oxygens (including phenoxy) is 2. The first-order valence-corrected chi connectivity index (χ1v) is 10.2. The van der Waals surface area contributed by atoms with Crippen LogP contribution in [0, 0.1) is 10.8 Å². The van der Waals surface area contributed by atoms with Crippen molar-refractivity contribution in [3.8, 4) is 0 Å². The first-order chi connectivity index (χ1) is 11.6. The Balaban J connectivity index is 0.00000123. The maximum absolute atomic E-state index is 10.9. The molecule has 0 aromatic rings. The lowest BCUT2D eigenvalue weighted by atomic mass is 9.54. The first kappa shape index (κ1) is 23.6. The summed E-state index contributed by atoms with van der Waals surface area (Å²) in [6, 6.07) is 0. The quantitative estimate of drug-likeness (QED) is 0.497. The number of carbonyl (C=O) groups excluding carboxylic acids is 1. The molecule has 0 aliphatic heterocycles. The van der Waals surface area contributed by atoms with Crippen molar-refractivity contribution in [1.29, 1.82) is 0 Å². The smallest absolute Gasteiger partial charge is 0.129 e. The molecular formula is C21H42O3. The molecule has 0 atom stereocenters. The number of ketones is 1. The maximum Gasteiger partial charge on any atom is 0.129 e. The van der Waals surface area contributed by atoms with Gasteiger partial charge >= 0.3 is 0 Å². The third kappa shape index (κ3) is 7.65. The molecular weight excluding hydrogens is 300 g/mol. The minimum Gasteiger partial charge on any atom is -0.381 e. The van der Waals surface area contributed by atoms with Crippen LogP contribution < -0.4 is 0 Å². The van der Waals surface area contributed by atoms with Gasteiger partial charge in [0.15, 0.2) is 0 Å². The summed E-state index contributed by atoms with van der Waals surface area (Å²) in [4.78, 5) is 10.9. The maximum atomic E-state index is 10.9. The van der Waals surface area contributed by atoms with Crippen LogP contribution in [-0.2, 0) is 14.3 Å². The number of hydrogen-bond acceptors (Lipinski definition) is 3. The molecule has 0 aromatic carbocycles. The van der Waals surface area contributed by atoms with E-state index in [0.717, 1.165) is 32.8 Å². The molecule has 0 heterocycles. The molecule has 3 aliphatic carbocycles. The van der Waals surface area contributed by atoms with Crippen molar-refractivity contribution in [2.45, 2.75) is 92.9 Å². The summed E-state index contributed by atoms with van der Waals surface area (Å²) in [7, 11) is 0. The second-order valence-electron chi connectivity index (χ2n) is 7.00. The average Bonchev–Trinajstić information content (AvgIpc) is 2.64. The van der Waals surface area contributed by atoms with E-state index in [1.165, 1.54) is 38.5 Å². The molecule has 3 heteroatoms. The van der Waals surface area contributed by atoms with Crippen molar-refractivity contribution in [3.63, 3.8) is 0 Å². The monoisotopic (exact) mass is 342 g/mol. The van der Waals surface area contributed by atoms with Crippen molar-refractivity contribution >= 4 is 5.78 Å². The van der Waals surface area contributed by atoms with Crippen molar-refractivity contribution in [3.05, 3.63) is 0 Å². The van der Waals surface area contributed by atoms with Crippen LogP contribution in [0.15, 0.2) is 0 Å². The van der Waals surface area contributed by atoms with E-state index in [4.69, 9.17) is 9.47 Å². The summed E-state index contributed by atoms with van der Waals surface area (Å²) in [5.74, 6) is 0.266. The van der Waals surface area contributed by atoms with E-state index in [2.05, 4.69) is 6.92 Å². The molecule has 2 bridgehead atoms. The summed E-state index contributed by atoms with van der Waals surface area (Å²) < 4.78 is 11.6. The van der Waals surface area contributed by atoms with Crippen LogP contribution in [0.2, 0.25) is 0 Å². The van der Waals surface area contributed by atoms with E-state index in [0.29, 0.717) is 17.3 Å². The van der Waals surface area contributed by atoms with Gasteiger partial charge in [-0.1, -0.05) is 27.7 Å². The van der Waals surface area contributed by atoms with E-state index in [9.17, 15) is 4.79 Å². The molecule has 0 saturated heterocycles. The van der Waals surface area contributed by atoms with Crippen LogP contribution in [-0.4, -0.2) is 32.2 Å². The van der Waals surface area contributed by atoms with Gasteiger partial charge in [0, 0.05) is 19.6 Å². The lowest BCUT2D eigenvalue weighted by Crippen LogP contribution is -2.46. The Kier molecular flexibility index (Phi) is 12.7. The van der Waals surface area contributed by atoms with E-state index in [-0.39, 0.29) is 5.78 Å². The standard InChI is InChI=1S/C17H30O3.2C2H6/c1-3-19-13-16-6-9-17(10-7-16,11-8-16)14-20-12-4-5-15(2)18;2*1-2/h3-14H2,1-2H3;2*1-2H3. The Morgan fingerprint density at radius 1 is 0.833 bits per heavy atom. The molecule has 24 heavy (non-hydrogen) atoms. The Morgan fingerprint density at radius 3 is 1.62 bits per heavy atom. The second-order valence-corrected chi connectivity index (χ2v) is 7.00. The zero-order chi connectivity index (χ0) is 18.5. The lowest BCUT2D eigenvalue weighted by Gasteiger charge is -2.53. The van der Waals surface area contributed by atoms with Crippen molar-refractivity contribution in [2.75, 3.05) is 26.4 Å². The van der Waals surface area contributed by atoms with Gasteiger partial charge in [0.05, 0.1) is 13.2 Å². The van der Waals surface area contributed by atoms with E-state index < -0.39 is 0 Å². The highest BCUT2D eigenvalue weighted by Crippen LogP contribution is 2.56. The van der Waals surface area contributed by atoms with E-state index >= 15 is 0 Å². The van der Waals surface area contributed by atoms with Gasteiger partial charge in [-0.15, -0.1) is 0 Å². The van der Waals surface area contributed by atoms with Crippen LogP contribution in [0.5, 0.6) is 0 Å². The Hall–Kier alpha value is -0.410. The van der Waals surface area contributed by atoms with Gasteiger partial charge in [-0.2, -0.15) is 0 Å². The number of rotatable bonds is 9. The van der Waals surface area contributed by atoms with Crippen molar-refractivity contribution < 1.29 is 14.3 Å². The molecule has 0 radical (unpaired) electrons. The highest BCUT2D eigenvalue weighted by molar-refractivity contribution is 5.75. The predicted molar refractivity (Wildman–Crippen MR) is 102 cm³/mol. The molecule has 3 fully saturated rings. The number of carbonyl (C=O) groups is 1. The Morgan fingerprint density at radius 2 is 1.25 bits per heavy atom. The summed E-state index contributed by atoms with van der Waals surface area (Å²) >= 11 is 0. The van der Waals surface area contributed by atoms with Gasteiger partial charge in [0.1, 0.15) is 5.78 Å². The molecule has 3 saturated carbocycles. The molecule has 3 rings (SSSR count).